The van der Waals surface area contributed by atoms with Crippen LogP contribution in [0.3, 0.4) is 0 Å². The zero-order chi connectivity index (χ0) is 15.4. The summed E-state index contributed by atoms with van der Waals surface area (Å²) in [6, 6.07) is 6.12. The lowest BCUT2D eigenvalue weighted by molar-refractivity contribution is -0.385. The van der Waals surface area contributed by atoms with E-state index in [1.807, 2.05) is 0 Å². The standard InChI is InChI=1S/C13H12ClN3O4/c1-20-11-6-10(12(21-2)5-9(11)14)16-13-4-3-8(7-15-13)17(18)19/h3-7H,1-2H3,(H,15,16). The van der Waals surface area contributed by atoms with Gasteiger partial charge in [0.25, 0.3) is 5.69 Å². The minimum Gasteiger partial charge on any atom is -0.495 e. The first-order valence-electron chi connectivity index (χ1n) is 5.84. The number of nitro groups is 1. The number of hydrogen-bond acceptors (Lipinski definition) is 6. The van der Waals surface area contributed by atoms with Crippen LogP contribution < -0.4 is 14.8 Å². The average Bonchev–Trinajstić information content (AvgIpc) is 2.49. The molecule has 0 amide bonds. The number of rotatable bonds is 5. The molecule has 0 aliphatic carbocycles. The number of nitrogens with one attached hydrogen (secondary N) is 1. The summed E-state index contributed by atoms with van der Waals surface area (Å²) in [5, 5.41) is 14.0. The highest BCUT2D eigenvalue weighted by Crippen LogP contribution is 2.37. The Kier molecular flexibility index (Phi) is 4.44. The van der Waals surface area contributed by atoms with Crippen LogP contribution in [0.15, 0.2) is 30.5 Å². The van der Waals surface area contributed by atoms with Gasteiger partial charge in [-0.1, -0.05) is 11.6 Å². The van der Waals surface area contributed by atoms with Crippen molar-refractivity contribution in [3.63, 3.8) is 0 Å². The summed E-state index contributed by atoms with van der Waals surface area (Å²) in [7, 11) is 3.01. The highest BCUT2D eigenvalue weighted by molar-refractivity contribution is 6.32. The number of anilines is 2. The van der Waals surface area contributed by atoms with E-state index in [9.17, 15) is 10.1 Å². The van der Waals surface area contributed by atoms with E-state index in [2.05, 4.69) is 10.3 Å². The predicted molar refractivity (Wildman–Crippen MR) is 78.7 cm³/mol. The normalized spacial score (nSPS) is 10.0. The van der Waals surface area contributed by atoms with Crippen molar-refractivity contribution >= 4 is 28.8 Å². The van der Waals surface area contributed by atoms with Crippen LogP contribution in [-0.2, 0) is 0 Å². The summed E-state index contributed by atoms with van der Waals surface area (Å²) in [6.07, 6.45) is 1.17. The second-order valence-corrected chi connectivity index (χ2v) is 4.38. The summed E-state index contributed by atoms with van der Waals surface area (Å²) in [6.45, 7) is 0. The Hall–Kier alpha value is -2.54. The maximum absolute atomic E-state index is 10.6. The smallest absolute Gasteiger partial charge is 0.287 e. The van der Waals surface area contributed by atoms with Gasteiger partial charge in [-0.3, -0.25) is 10.1 Å². The summed E-state index contributed by atoms with van der Waals surface area (Å²) >= 11 is 6.02. The lowest BCUT2D eigenvalue weighted by atomic mass is 10.2. The number of benzene rings is 1. The molecule has 1 aromatic carbocycles. The zero-order valence-electron chi connectivity index (χ0n) is 11.3. The molecule has 21 heavy (non-hydrogen) atoms. The molecule has 0 saturated heterocycles. The molecule has 0 saturated carbocycles. The minimum absolute atomic E-state index is 0.0822. The van der Waals surface area contributed by atoms with Crippen molar-refractivity contribution in [2.45, 2.75) is 0 Å². The molecule has 0 fully saturated rings. The minimum atomic E-state index is -0.511. The molecule has 7 nitrogen and oxygen atoms in total. The Labute approximate surface area is 125 Å². The first-order chi connectivity index (χ1) is 10.0. The Morgan fingerprint density at radius 2 is 1.95 bits per heavy atom. The first kappa shape index (κ1) is 14.9. The summed E-state index contributed by atoms with van der Waals surface area (Å²) in [5.41, 5.74) is 0.501. The fraction of sp³-hybridized carbons (Fsp3) is 0.154. The van der Waals surface area contributed by atoms with Gasteiger partial charge in [-0.15, -0.1) is 0 Å². The van der Waals surface area contributed by atoms with Crippen molar-refractivity contribution in [1.29, 1.82) is 0 Å². The van der Waals surface area contributed by atoms with Gasteiger partial charge < -0.3 is 14.8 Å². The SMILES string of the molecule is COc1cc(Nc2ccc([N+](=O)[O-])cn2)c(OC)cc1Cl. The maximum atomic E-state index is 10.6. The van der Waals surface area contributed by atoms with Gasteiger partial charge in [0.05, 0.1) is 29.9 Å². The second-order valence-electron chi connectivity index (χ2n) is 3.97. The van der Waals surface area contributed by atoms with Crippen molar-refractivity contribution < 1.29 is 14.4 Å². The largest absolute Gasteiger partial charge is 0.495 e. The van der Waals surface area contributed by atoms with Gasteiger partial charge in [-0.2, -0.15) is 0 Å². The van der Waals surface area contributed by atoms with E-state index in [0.29, 0.717) is 28.0 Å². The van der Waals surface area contributed by atoms with E-state index in [0.717, 1.165) is 0 Å². The van der Waals surface area contributed by atoms with Crippen LogP contribution in [0.5, 0.6) is 11.5 Å². The van der Waals surface area contributed by atoms with Crippen LogP contribution >= 0.6 is 11.6 Å². The van der Waals surface area contributed by atoms with Crippen molar-refractivity contribution in [3.05, 3.63) is 45.6 Å². The molecule has 0 radical (unpaired) electrons. The fourth-order valence-corrected chi connectivity index (χ4v) is 1.89. The van der Waals surface area contributed by atoms with E-state index in [4.69, 9.17) is 21.1 Å². The molecular formula is C13H12ClN3O4. The van der Waals surface area contributed by atoms with Gasteiger partial charge in [0.2, 0.25) is 0 Å². The Balaban J connectivity index is 2.31. The molecule has 1 aromatic heterocycles. The molecule has 2 rings (SSSR count). The Morgan fingerprint density at radius 1 is 1.24 bits per heavy atom. The molecule has 0 aliphatic rings. The van der Waals surface area contributed by atoms with Crippen LogP contribution in [0.2, 0.25) is 5.02 Å². The lowest BCUT2D eigenvalue weighted by Gasteiger charge is -2.13. The van der Waals surface area contributed by atoms with Gasteiger partial charge in [0, 0.05) is 18.2 Å². The highest BCUT2D eigenvalue weighted by atomic mass is 35.5. The van der Waals surface area contributed by atoms with Crippen LogP contribution in [0, 0.1) is 10.1 Å². The number of halogens is 1. The van der Waals surface area contributed by atoms with Gasteiger partial charge in [0.1, 0.15) is 23.5 Å². The molecule has 0 spiro atoms. The average molecular weight is 310 g/mol. The van der Waals surface area contributed by atoms with Crippen molar-refractivity contribution in [1.82, 2.24) is 4.98 Å². The zero-order valence-corrected chi connectivity index (χ0v) is 12.0. The van der Waals surface area contributed by atoms with Crippen molar-refractivity contribution in [2.75, 3.05) is 19.5 Å². The fourth-order valence-electron chi connectivity index (χ4n) is 1.66. The third-order valence-corrected chi connectivity index (χ3v) is 2.99. The van der Waals surface area contributed by atoms with E-state index in [-0.39, 0.29) is 5.69 Å². The molecule has 110 valence electrons. The molecule has 0 unspecified atom stereocenters. The Bertz CT molecular complexity index is 661. The number of pyridine rings is 1. The molecule has 0 bridgehead atoms. The summed E-state index contributed by atoms with van der Waals surface area (Å²) < 4.78 is 10.4. The van der Waals surface area contributed by atoms with Crippen LogP contribution in [-0.4, -0.2) is 24.1 Å². The number of methoxy groups -OCH3 is 2. The number of hydrogen-bond donors (Lipinski definition) is 1. The van der Waals surface area contributed by atoms with E-state index in [1.54, 1.807) is 12.1 Å². The third kappa shape index (κ3) is 3.32. The Morgan fingerprint density at radius 3 is 2.48 bits per heavy atom. The van der Waals surface area contributed by atoms with Gasteiger partial charge in [-0.25, -0.2) is 4.98 Å². The molecule has 8 heteroatoms. The molecule has 2 aromatic rings. The molecule has 0 atom stereocenters. The third-order valence-electron chi connectivity index (χ3n) is 2.70. The molecule has 1 heterocycles. The monoisotopic (exact) mass is 309 g/mol. The van der Waals surface area contributed by atoms with Gasteiger partial charge in [0.15, 0.2) is 0 Å². The van der Waals surface area contributed by atoms with E-state index >= 15 is 0 Å². The molecule has 0 aliphatic heterocycles. The number of ether oxygens (including phenoxy) is 2. The predicted octanol–water partition coefficient (Wildman–Crippen LogP) is 3.40. The van der Waals surface area contributed by atoms with Gasteiger partial charge >= 0.3 is 0 Å². The van der Waals surface area contributed by atoms with Crippen LogP contribution in [0.1, 0.15) is 0 Å². The number of nitrogens with zero attached hydrogens (tertiary/aromatic N) is 2. The lowest BCUT2D eigenvalue weighted by Crippen LogP contribution is -1.98. The molecular weight excluding hydrogens is 298 g/mol. The topological polar surface area (TPSA) is 86.5 Å². The van der Waals surface area contributed by atoms with Crippen molar-refractivity contribution in [3.8, 4) is 11.5 Å². The van der Waals surface area contributed by atoms with E-state index < -0.39 is 4.92 Å². The van der Waals surface area contributed by atoms with Crippen LogP contribution in [0.25, 0.3) is 0 Å². The summed E-state index contributed by atoms with van der Waals surface area (Å²) in [4.78, 5) is 14.0. The van der Waals surface area contributed by atoms with Crippen LogP contribution in [0.4, 0.5) is 17.2 Å². The quantitative estimate of drug-likeness (QED) is 0.673. The number of aromatic nitrogens is 1. The first-order valence-corrected chi connectivity index (χ1v) is 6.22. The highest BCUT2D eigenvalue weighted by Gasteiger charge is 2.11. The maximum Gasteiger partial charge on any atom is 0.287 e. The summed E-state index contributed by atoms with van der Waals surface area (Å²) in [5.74, 6) is 1.41. The van der Waals surface area contributed by atoms with Crippen molar-refractivity contribution in [2.24, 2.45) is 0 Å². The molecule has 1 N–H and O–H groups in total. The van der Waals surface area contributed by atoms with Gasteiger partial charge in [-0.05, 0) is 6.07 Å². The van der Waals surface area contributed by atoms with E-state index in [1.165, 1.54) is 32.5 Å². The second kappa shape index (κ2) is 6.27.